The van der Waals surface area contributed by atoms with E-state index in [9.17, 15) is 15.0 Å². The minimum Gasteiger partial charge on any atom is -0.504 e. The van der Waals surface area contributed by atoms with Crippen LogP contribution in [0.15, 0.2) is 35.8 Å². The second-order valence-corrected chi connectivity index (χ2v) is 6.16. The van der Waals surface area contributed by atoms with Crippen LogP contribution in [-0.4, -0.2) is 21.3 Å². The van der Waals surface area contributed by atoms with Gasteiger partial charge in [-0.2, -0.15) is 0 Å². The van der Waals surface area contributed by atoms with Gasteiger partial charge in [0.05, 0.1) is 0 Å². The summed E-state index contributed by atoms with van der Waals surface area (Å²) in [6, 6.07) is 0. The number of rotatable bonds is 15. The molecule has 0 spiro atoms. The highest BCUT2D eigenvalue weighted by Crippen LogP contribution is 2.13. The molecule has 0 aromatic heterocycles. The Morgan fingerprint density at radius 3 is 1.75 bits per heavy atom. The first-order valence-corrected chi connectivity index (χ1v) is 9.27. The number of allylic oxidation sites excluding steroid dienone is 3. The molecule has 0 aromatic carbocycles. The third-order valence-corrected chi connectivity index (χ3v) is 3.90. The van der Waals surface area contributed by atoms with Crippen molar-refractivity contribution >= 4 is 5.97 Å². The molecule has 0 aromatic rings. The van der Waals surface area contributed by atoms with Crippen LogP contribution < -0.4 is 0 Å². The Morgan fingerprint density at radius 2 is 1.25 bits per heavy atom. The minimum absolute atomic E-state index is 0.197. The van der Waals surface area contributed by atoms with E-state index in [0.717, 1.165) is 18.9 Å². The number of hydrogen-bond acceptors (Lipinski definition) is 3. The summed E-state index contributed by atoms with van der Waals surface area (Å²) in [6.45, 7) is 2.24. The topological polar surface area (TPSA) is 77.8 Å². The van der Waals surface area contributed by atoms with Crippen LogP contribution in [0.1, 0.15) is 84.0 Å². The maximum Gasteiger partial charge on any atom is 0.328 e. The molecule has 4 nitrogen and oxygen atoms in total. The fraction of sp³-hybridized carbons (Fsp3) is 0.650. The first kappa shape index (κ1) is 22.3. The zero-order chi connectivity index (χ0) is 18.0. The fourth-order valence-electron chi connectivity index (χ4n) is 2.46. The molecule has 0 aliphatic carbocycles. The quantitative estimate of drug-likeness (QED) is 0.143. The number of carboxylic acid groups (broad SMARTS) is 1. The van der Waals surface area contributed by atoms with Gasteiger partial charge in [-0.15, -0.1) is 0 Å². The molecule has 0 amide bonds. The second kappa shape index (κ2) is 16.2. The van der Waals surface area contributed by atoms with Gasteiger partial charge in [0.1, 0.15) is 0 Å². The normalized spacial score (nSPS) is 12.9. The molecular weight excluding hydrogens is 304 g/mol. The van der Waals surface area contributed by atoms with Crippen LogP contribution in [-0.2, 0) is 4.79 Å². The van der Waals surface area contributed by atoms with E-state index in [1.807, 2.05) is 0 Å². The molecule has 0 saturated heterocycles. The van der Waals surface area contributed by atoms with E-state index < -0.39 is 5.97 Å². The van der Waals surface area contributed by atoms with E-state index in [4.69, 9.17) is 5.11 Å². The van der Waals surface area contributed by atoms with E-state index in [0.29, 0.717) is 6.42 Å². The van der Waals surface area contributed by atoms with Gasteiger partial charge < -0.3 is 15.3 Å². The third-order valence-electron chi connectivity index (χ3n) is 3.90. The van der Waals surface area contributed by atoms with E-state index >= 15 is 0 Å². The number of aliphatic hydroxyl groups is 2. The highest BCUT2D eigenvalue weighted by molar-refractivity contribution is 5.80. The Hall–Kier alpha value is -1.71. The van der Waals surface area contributed by atoms with E-state index in [-0.39, 0.29) is 11.5 Å². The Labute approximate surface area is 146 Å². The molecule has 0 bridgehead atoms. The Morgan fingerprint density at radius 1 is 0.750 bits per heavy atom. The summed E-state index contributed by atoms with van der Waals surface area (Å²) in [7, 11) is 0. The molecule has 24 heavy (non-hydrogen) atoms. The van der Waals surface area contributed by atoms with Crippen molar-refractivity contribution in [3.8, 4) is 0 Å². The SMILES string of the molecule is CCCCCCCCCCCCCC=C(O)C(O)=CC=CC(=O)O. The number of aliphatic carboxylic acids is 1. The molecule has 3 N–H and O–H groups in total. The Kier molecular flexibility index (Phi) is 15.0. The molecule has 0 aliphatic heterocycles. The Balaban J connectivity index is 3.58. The van der Waals surface area contributed by atoms with Gasteiger partial charge in [-0.3, -0.25) is 0 Å². The van der Waals surface area contributed by atoms with Gasteiger partial charge in [-0.25, -0.2) is 4.79 Å². The highest BCUT2D eigenvalue weighted by atomic mass is 16.4. The largest absolute Gasteiger partial charge is 0.504 e. The fourth-order valence-corrected chi connectivity index (χ4v) is 2.46. The van der Waals surface area contributed by atoms with Crippen molar-refractivity contribution < 1.29 is 20.1 Å². The minimum atomic E-state index is -1.09. The van der Waals surface area contributed by atoms with E-state index in [2.05, 4.69) is 6.92 Å². The lowest BCUT2D eigenvalue weighted by Gasteiger charge is -2.02. The smallest absolute Gasteiger partial charge is 0.328 e. The van der Waals surface area contributed by atoms with Crippen LogP contribution in [0.4, 0.5) is 0 Å². The molecule has 4 heteroatoms. The van der Waals surface area contributed by atoms with Gasteiger partial charge in [-0.05, 0) is 25.0 Å². The monoisotopic (exact) mass is 338 g/mol. The van der Waals surface area contributed by atoms with Crippen molar-refractivity contribution in [2.24, 2.45) is 0 Å². The van der Waals surface area contributed by atoms with Crippen LogP contribution in [0.5, 0.6) is 0 Å². The van der Waals surface area contributed by atoms with Gasteiger partial charge in [0.15, 0.2) is 11.5 Å². The van der Waals surface area contributed by atoms with Gasteiger partial charge in [0, 0.05) is 6.08 Å². The standard InChI is InChI=1S/C20H34O4/c1-2-3-4-5-6-7-8-9-10-11-12-13-15-18(21)19(22)16-14-17-20(23)24/h14-17,21-22H,2-13H2,1H3,(H,23,24). The summed E-state index contributed by atoms with van der Waals surface area (Å²) < 4.78 is 0. The van der Waals surface area contributed by atoms with Crippen molar-refractivity contribution in [2.45, 2.75) is 84.0 Å². The molecule has 0 fully saturated rings. The molecule has 0 saturated carbocycles. The van der Waals surface area contributed by atoms with Crippen molar-refractivity contribution in [1.82, 2.24) is 0 Å². The number of unbranched alkanes of at least 4 members (excludes halogenated alkanes) is 11. The van der Waals surface area contributed by atoms with Crippen LogP contribution in [0.2, 0.25) is 0 Å². The summed E-state index contributed by atoms with van der Waals surface area (Å²) in [6.07, 6.45) is 19.6. The molecule has 0 unspecified atom stereocenters. The van der Waals surface area contributed by atoms with Gasteiger partial charge in [-0.1, -0.05) is 77.2 Å². The second-order valence-electron chi connectivity index (χ2n) is 6.16. The summed E-state index contributed by atoms with van der Waals surface area (Å²) >= 11 is 0. The van der Waals surface area contributed by atoms with Crippen molar-refractivity contribution in [3.63, 3.8) is 0 Å². The van der Waals surface area contributed by atoms with Gasteiger partial charge in [0.2, 0.25) is 0 Å². The molecule has 0 atom stereocenters. The van der Waals surface area contributed by atoms with Crippen molar-refractivity contribution in [1.29, 1.82) is 0 Å². The summed E-state index contributed by atoms with van der Waals surface area (Å²) in [5.41, 5.74) is 0. The van der Waals surface area contributed by atoms with Crippen molar-refractivity contribution in [2.75, 3.05) is 0 Å². The average Bonchev–Trinajstić information content (AvgIpc) is 2.55. The lowest BCUT2D eigenvalue weighted by Crippen LogP contribution is -1.88. The zero-order valence-corrected chi connectivity index (χ0v) is 15.0. The molecule has 0 radical (unpaired) electrons. The van der Waals surface area contributed by atoms with Crippen molar-refractivity contribution in [3.05, 3.63) is 35.8 Å². The van der Waals surface area contributed by atoms with Gasteiger partial charge in [0.25, 0.3) is 0 Å². The average molecular weight is 338 g/mol. The maximum absolute atomic E-state index is 10.3. The number of aliphatic hydroxyl groups excluding tert-OH is 2. The molecular formula is C20H34O4. The number of hydrogen-bond donors (Lipinski definition) is 3. The van der Waals surface area contributed by atoms with E-state index in [1.54, 1.807) is 6.08 Å². The predicted octanol–water partition coefficient (Wildman–Crippen LogP) is 6.21. The van der Waals surface area contributed by atoms with E-state index in [1.165, 1.54) is 69.9 Å². The zero-order valence-electron chi connectivity index (χ0n) is 15.0. The number of carbonyl (C=O) groups is 1. The predicted molar refractivity (Wildman–Crippen MR) is 99.3 cm³/mol. The lowest BCUT2D eigenvalue weighted by atomic mass is 10.1. The maximum atomic E-state index is 10.3. The summed E-state index contributed by atoms with van der Waals surface area (Å²) in [5.74, 6) is -1.60. The van der Waals surface area contributed by atoms with Crippen LogP contribution >= 0.6 is 0 Å². The molecule has 138 valence electrons. The summed E-state index contributed by atoms with van der Waals surface area (Å²) in [4.78, 5) is 10.3. The first-order chi connectivity index (χ1) is 11.6. The van der Waals surface area contributed by atoms with Crippen LogP contribution in [0.25, 0.3) is 0 Å². The Bertz CT molecular complexity index is 408. The summed E-state index contributed by atoms with van der Waals surface area (Å²) in [5, 5.41) is 27.5. The molecule has 0 rings (SSSR count). The highest BCUT2D eigenvalue weighted by Gasteiger charge is 1.98. The molecule has 0 heterocycles. The first-order valence-electron chi connectivity index (χ1n) is 9.27. The van der Waals surface area contributed by atoms with Gasteiger partial charge >= 0.3 is 5.97 Å². The van der Waals surface area contributed by atoms with Crippen LogP contribution in [0.3, 0.4) is 0 Å². The van der Waals surface area contributed by atoms with Crippen LogP contribution in [0, 0.1) is 0 Å². The molecule has 0 aliphatic rings. The number of carboxylic acids is 1. The third kappa shape index (κ3) is 15.2. The lowest BCUT2D eigenvalue weighted by molar-refractivity contribution is -0.131.